The van der Waals surface area contributed by atoms with Crippen LogP contribution in [-0.4, -0.2) is 40.8 Å². The molecule has 2 N–H and O–H groups in total. The number of aromatic amines is 1. The number of carbonyl (C=O) groups is 1. The van der Waals surface area contributed by atoms with E-state index in [4.69, 9.17) is 4.74 Å². The number of rotatable bonds is 4. The molecular weight excluding hydrogens is 340 g/mol. The summed E-state index contributed by atoms with van der Waals surface area (Å²) in [6.07, 6.45) is 2.04. The van der Waals surface area contributed by atoms with Gasteiger partial charge in [0.1, 0.15) is 0 Å². The molecule has 6 nitrogen and oxygen atoms in total. The number of carbonyl (C=O) groups excluding carboxylic acids is 1. The van der Waals surface area contributed by atoms with Gasteiger partial charge in [-0.2, -0.15) is 5.10 Å². The van der Waals surface area contributed by atoms with E-state index in [1.165, 1.54) is 5.56 Å². The van der Waals surface area contributed by atoms with Crippen molar-refractivity contribution in [1.82, 2.24) is 20.5 Å². The summed E-state index contributed by atoms with van der Waals surface area (Å²) >= 11 is 0. The molecule has 2 aromatic heterocycles. The van der Waals surface area contributed by atoms with Gasteiger partial charge in [0.25, 0.3) is 0 Å². The Morgan fingerprint density at radius 2 is 1.96 bits per heavy atom. The maximum absolute atomic E-state index is 12.8. The Morgan fingerprint density at radius 1 is 1.22 bits per heavy atom. The van der Waals surface area contributed by atoms with Crippen LogP contribution >= 0.6 is 0 Å². The fraction of sp³-hybridized carbons (Fsp3) is 0.381. The van der Waals surface area contributed by atoms with E-state index in [2.05, 4.69) is 20.5 Å². The fourth-order valence-corrected chi connectivity index (χ4v) is 4.01. The van der Waals surface area contributed by atoms with Crippen LogP contribution in [0, 0.1) is 6.92 Å². The summed E-state index contributed by atoms with van der Waals surface area (Å²) in [6, 6.07) is 10.0. The summed E-state index contributed by atoms with van der Waals surface area (Å²) in [5, 5.41) is 11.8. The van der Waals surface area contributed by atoms with Gasteiger partial charge in [0.05, 0.1) is 12.3 Å². The van der Waals surface area contributed by atoms with Gasteiger partial charge in [-0.05, 0) is 56.8 Å². The zero-order valence-electron chi connectivity index (χ0n) is 15.7. The Bertz CT molecular complexity index is 959. The molecule has 1 aromatic carbocycles. The highest BCUT2D eigenvalue weighted by Gasteiger charge is 2.29. The van der Waals surface area contributed by atoms with Crippen LogP contribution in [0.2, 0.25) is 0 Å². The average molecular weight is 364 g/mol. The molecule has 0 saturated carbocycles. The molecular formula is C21H24N4O2. The summed E-state index contributed by atoms with van der Waals surface area (Å²) in [5.41, 5.74) is 4.99. The number of aromatic nitrogens is 3. The summed E-state index contributed by atoms with van der Waals surface area (Å²) in [7, 11) is 0. The molecule has 0 radical (unpaired) electrons. The van der Waals surface area contributed by atoms with E-state index in [-0.39, 0.29) is 5.97 Å². The molecule has 0 atom stereocenters. The number of fused-ring (bicyclic) bond motifs is 1. The monoisotopic (exact) mass is 364 g/mol. The Hall–Kier alpha value is -2.73. The second-order valence-electron chi connectivity index (χ2n) is 6.89. The predicted molar refractivity (Wildman–Crippen MR) is 105 cm³/mol. The Morgan fingerprint density at radius 3 is 2.67 bits per heavy atom. The first kappa shape index (κ1) is 17.7. The zero-order chi connectivity index (χ0) is 18.8. The van der Waals surface area contributed by atoms with Gasteiger partial charge in [-0.1, -0.05) is 30.3 Å². The highest BCUT2D eigenvalue weighted by atomic mass is 16.5. The number of ether oxygens (including phenoxy) is 1. The van der Waals surface area contributed by atoms with Crippen LogP contribution in [0.3, 0.4) is 0 Å². The molecule has 1 fully saturated rings. The molecule has 140 valence electrons. The third-order valence-electron chi connectivity index (χ3n) is 5.21. The summed E-state index contributed by atoms with van der Waals surface area (Å²) < 4.78 is 5.34. The lowest BCUT2D eigenvalue weighted by Crippen LogP contribution is -2.27. The first-order valence-corrected chi connectivity index (χ1v) is 9.52. The summed E-state index contributed by atoms with van der Waals surface area (Å²) in [6.45, 7) is 6.05. The fourth-order valence-electron chi connectivity index (χ4n) is 4.01. The minimum Gasteiger partial charge on any atom is -0.461 e. The van der Waals surface area contributed by atoms with Crippen LogP contribution in [0.4, 0.5) is 0 Å². The highest BCUT2D eigenvalue weighted by Crippen LogP contribution is 2.41. The number of aryl methyl sites for hydroxylation is 1. The standard InChI is InChI=1S/C21H24N4O2/c1-3-27-21(26)19-18(14-7-5-4-6-8-14)17(15-9-11-22-12-10-15)16-13(2)24-25-20(16)23-19/h4-8,15,22H,3,9-12H2,1-2H3,(H,23,24,25). The van der Waals surface area contributed by atoms with Gasteiger partial charge in [-0.25, -0.2) is 9.78 Å². The number of pyridine rings is 1. The van der Waals surface area contributed by atoms with Crippen molar-refractivity contribution in [2.75, 3.05) is 19.7 Å². The van der Waals surface area contributed by atoms with E-state index in [9.17, 15) is 4.79 Å². The number of hydrogen-bond donors (Lipinski definition) is 2. The highest BCUT2D eigenvalue weighted by molar-refractivity contribution is 6.02. The zero-order valence-corrected chi connectivity index (χ0v) is 15.7. The Kier molecular flexibility index (Phi) is 4.90. The van der Waals surface area contributed by atoms with E-state index in [1.807, 2.05) is 44.2 Å². The van der Waals surface area contributed by atoms with Crippen molar-refractivity contribution in [1.29, 1.82) is 0 Å². The van der Waals surface area contributed by atoms with Gasteiger partial charge in [0, 0.05) is 10.9 Å². The van der Waals surface area contributed by atoms with Crippen molar-refractivity contribution in [3.8, 4) is 11.1 Å². The third kappa shape index (κ3) is 3.21. The van der Waals surface area contributed by atoms with E-state index >= 15 is 0 Å². The molecule has 3 heterocycles. The second kappa shape index (κ2) is 7.48. The van der Waals surface area contributed by atoms with Crippen molar-refractivity contribution in [2.24, 2.45) is 0 Å². The molecule has 0 spiro atoms. The third-order valence-corrected chi connectivity index (χ3v) is 5.21. The molecule has 1 saturated heterocycles. The van der Waals surface area contributed by atoms with Crippen LogP contribution in [-0.2, 0) is 4.74 Å². The van der Waals surface area contributed by atoms with Gasteiger partial charge < -0.3 is 10.1 Å². The van der Waals surface area contributed by atoms with E-state index < -0.39 is 0 Å². The number of nitrogens with one attached hydrogen (secondary N) is 2. The van der Waals surface area contributed by atoms with Crippen LogP contribution in [0.15, 0.2) is 30.3 Å². The lowest BCUT2D eigenvalue weighted by atomic mass is 9.82. The first-order chi connectivity index (χ1) is 13.2. The van der Waals surface area contributed by atoms with Crippen molar-refractivity contribution in [3.63, 3.8) is 0 Å². The maximum atomic E-state index is 12.8. The van der Waals surface area contributed by atoms with Crippen molar-refractivity contribution in [3.05, 3.63) is 47.3 Å². The summed E-state index contributed by atoms with van der Waals surface area (Å²) in [5.74, 6) is -0.0443. The van der Waals surface area contributed by atoms with Gasteiger partial charge in [0.15, 0.2) is 11.3 Å². The molecule has 0 bridgehead atoms. The molecule has 4 rings (SSSR count). The maximum Gasteiger partial charge on any atom is 0.357 e. The lowest BCUT2D eigenvalue weighted by molar-refractivity contribution is 0.0520. The van der Waals surface area contributed by atoms with E-state index in [0.717, 1.165) is 48.1 Å². The predicted octanol–water partition coefficient (Wildman–Crippen LogP) is 3.58. The number of nitrogens with zero attached hydrogens (tertiary/aromatic N) is 2. The largest absolute Gasteiger partial charge is 0.461 e. The SMILES string of the molecule is CCOC(=O)c1nc2[nH]nc(C)c2c(C2CCNCC2)c1-c1ccccc1. The minimum absolute atomic E-state index is 0.317. The van der Waals surface area contributed by atoms with Crippen LogP contribution in [0.5, 0.6) is 0 Å². The lowest BCUT2D eigenvalue weighted by Gasteiger charge is -2.27. The molecule has 27 heavy (non-hydrogen) atoms. The normalized spacial score (nSPS) is 15.2. The molecule has 0 amide bonds. The molecule has 0 unspecified atom stereocenters. The van der Waals surface area contributed by atoms with Gasteiger partial charge in [-0.3, -0.25) is 5.10 Å². The molecule has 1 aliphatic rings. The number of H-pyrrole nitrogens is 1. The molecule has 0 aliphatic carbocycles. The quantitative estimate of drug-likeness (QED) is 0.692. The van der Waals surface area contributed by atoms with Crippen molar-refractivity contribution < 1.29 is 9.53 Å². The Balaban J connectivity index is 2.05. The number of hydrogen-bond acceptors (Lipinski definition) is 5. The topological polar surface area (TPSA) is 79.9 Å². The summed E-state index contributed by atoms with van der Waals surface area (Å²) in [4.78, 5) is 17.4. The second-order valence-corrected chi connectivity index (χ2v) is 6.89. The molecule has 1 aliphatic heterocycles. The number of benzene rings is 1. The number of piperidine rings is 1. The first-order valence-electron chi connectivity index (χ1n) is 9.52. The minimum atomic E-state index is -0.388. The molecule has 3 aromatic rings. The van der Waals surface area contributed by atoms with E-state index in [1.54, 1.807) is 0 Å². The number of esters is 1. The van der Waals surface area contributed by atoms with Gasteiger partial charge in [0.2, 0.25) is 0 Å². The van der Waals surface area contributed by atoms with Crippen LogP contribution in [0.1, 0.15) is 47.4 Å². The van der Waals surface area contributed by atoms with E-state index in [0.29, 0.717) is 23.9 Å². The molecule has 6 heteroatoms. The van der Waals surface area contributed by atoms with Crippen LogP contribution < -0.4 is 5.32 Å². The average Bonchev–Trinajstić information content (AvgIpc) is 3.09. The van der Waals surface area contributed by atoms with Gasteiger partial charge >= 0.3 is 5.97 Å². The Labute approximate surface area is 158 Å². The van der Waals surface area contributed by atoms with Gasteiger partial charge in [-0.15, -0.1) is 0 Å². The smallest absolute Gasteiger partial charge is 0.357 e. The van der Waals surface area contributed by atoms with Crippen molar-refractivity contribution in [2.45, 2.75) is 32.6 Å². The van der Waals surface area contributed by atoms with Crippen molar-refractivity contribution >= 4 is 17.0 Å². The van der Waals surface area contributed by atoms with Crippen LogP contribution in [0.25, 0.3) is 22.2 Å².